The minimum atomic E-state index is -0.0314. The molecule has 0 amide bonds. The Bertz CT molecular complexity index is 1320. The van der Waals surface area contributed by atoms with Gasteiger partial charge in [-0.05, 0) is 63.3 Å². The van der Waals surface area contributed by atoms with Gasteiger partial charge in [0.05, 0.1) is 11.0 Å². The van der Waals surface area contributed by atoms with Crippen molar-refractivity contribution in [3.63, 3.8) is 0 Å². The number of fused-ring (bicyclic) bond motifs is 1. The van der Waals surface area contributed by atoms with Crippen molar-refractivity contribution in [3.05, 3.63) is 94.8 Å². The lowest BCUT2D eigenvalue weighted by atomic mass is 10.0. The molecule has 0 aliphatic rings. The molecule has 0 spiro atoms. The van der Waals surface area contributed by atoms with Gasteiger partial charge in [0.1, 0.15) is 5.71 Å². The van der Waals surface area contributed by atoms with Gasteiger partial charge in [-0.1, -0.05) is 47.5 Å². The topological polar surface area (TPSA) is 82.2 Å². The molecule has 3 N–H and O–H groups in total. The van der Waals surface area contributed by atoms with Crippen molar-refractivity contribution in [1.82, 2.24) is 15.4 Å². The Kier molecular flexibility index (Phi) is 6.09. The number of rotatable bonds is 5. The van der Waals surface area contributed by atoms with E-state index in [-0.39, 0.29) is 5.78 Å². The monoisotopic (exact) mass is 441 g/mol. The molecule has 0 radical (unpaired) electrons. The number of thiocarbonyl (C=S) groups is 1. The second kappa shape index (κ2) is 9.11. The third kappa shape index (κ3) is 4.90. The molecule has 0 atom stereocenters. The Hall–Kier alpha value is -3.84. The number of H-pyrrole nitrogens is 1. The highest BCUT2D eigenvalue weighted by molar-refractivity contribution is 7.80. The highest BCUT2D eigenvalue weighted by Gasteiger charge is 2.12. The molecule has 0 aliphatic carbocycles. The van der Waals surface area contributed by atoms with E-state index in [9.17, 15) is 4.79 Å². The van der Waals surface area contributed by atoms with E-state index in [1.54, 1.807) is 12.1 Å². The maximum Gasteiger partial charge on any atom is 0.193 e. The maximum atomic E-state index is 12.8. The third-order valence-electron chi connectivity index (χ3n) is 5.04. The van der Waals surface area contributed by atoms with Gasteiger partial charge in [-0.2, -0.15) is 5.10 Å². The van der Waals surface area contributed by atoms with Crippen LogP contribution in [0.1, 0.15) is 39.8 Å². The zero-order valence-corrected chi connectivity index (χ0v) is 18.9. The van der Waals surface area contributed by atoms with Crippen molar-refractivity contribution in [2.24, 2.45) is 5.10 Å². The fourth-order valence-corrected chi connectivity index (χ4v) is 3.34. The molecule has 32 heavy (non-hydrogen) atoms. The van der Waals surface area contributed by atoms with E-state index >= 15 is 0 Å². The first-order valence-corrected chi connectivity index (χ1v) is 10.6. The number of hydrazone groups is 1. The van der Waals surface area contributed by atoms with Crippen LogP contribution in [0.5, 0.6) is 0 Å². The number of nitrogens with zero attached hydrogens (tertiary/aromatic N) is 2. The molecule has 3 aromatic carbocycles. The smallest absolute Gasteiger partial charge is 0.193 e. The largest absolute Gasteiger partial charge is 0.337 e. The van der Waals surface area contributed by atoms with Crippen molar-refractivity contribution in [1.29, 1.82) is 0 Å². The molecular weight excluding hydrogens is 418 g/mol. The number of imidazole rings is 1. The fraction of sp³-hybridized carbons (Fsp3) is 0.120. The standard InChI is InChI=1S/C25H23N5OS/c1-15-4-8-18(9-5-15)23(31)19-10-13-21-22(14-19)28-24(27-21)17(3)29-30-25(32)26-20-11-6-16(2)7-12-20/h4-14H,1-3H3,(H,27,28)(H2,26,30,32)/b29-17+. The number of benzene rings is 3. The summed E-state index contributed by atoms with van der Waals surface area (Å²) in [6.07, 6.45) is 0. The molecule has 0 unspecified atom stereocenters. The highest BCUT2D eigenvalue weighted by atomic mass is 32.1. The lowest BCUT2D eigenvalue weighted by Crippen LogP contribution is -2.25. The van der Waals surface area contributed by atoms with E-state index in [4.69, 9.17) is 12.2 Å². The summed E-state index contributed by atoms with van der Waals surface area (Å²) in [6, 6.07) is 20.9. The van der Waals surface area contributed by atoms with Crippen molar-refractivity contribution in [3.8, 4) is 0 Å². The fourth-order valence-electron chi connectivity index (χ4n) is 3.17. The van der Waals surface area contributed by atoms with E-state index < -0.39 is 0 Å². The van der Waals surface area contributed by atoms with Gasteiger partial charge >= 0.3 is 0 Å². The van der Waals surface area contributed by atoms with Crippen molar-refractivity contribution >= 4 is 45.5 Å². The maximum absolute atomic E-state index is 12.8. The average Bonchev–Trinajstić information content (AvgIpc) is 3.22. The number of hydrogen-bond acceptors (Lipinski definition) is 4. The summed E-state index contributed by atoms with van der Waals surface area (Å²) in [5.74, 6) is 0.571. The van der Waals surface area contributed by atoms with Gasteiger partial charge in [0.25, 0.3) is 0 Å². The number of carbonyl (C=O) groups excluding carboxylic acids is 1. The number of aryl methyl sites for hydroxylation is 2. The zero-order valence-electron chi connectivity index (χ0n) is 18.1. The van der Waals surface area contributed by atoms with Crippen LogP contribution in [0.4, 0.5) is 5.69 Å². The molecule has 4 aromatic rings. The Morgan fingerprint density at radius 2 is 1.56 bits per heavy atom. The average molecular weight is 442 g/mol. The molecule has 1 aromatic heterocycles. The SMILES string of the molecule is C/C(=N\NC(=S)Nc1ccc(C)cc1)c1nc2cc(C(=O)c3ccc(C)cc3)ccc2[nH]1. The van der Waals surface area contributed by atoms with E-state index in [0.717, 1.165) is 16.8 Å². The van der Waals surface area contributed by atoms with Crippen molar-refractivity contribution in [2.75, 3.05) is 5.32 Å². The third-order valence-corrected chi connectivity index (χ3v) is 5.23. The van der Waals surface area contributed by atoms with Crippen LogP contribution in [-0.2, 0) is 0 Å². The van der Waals surface area contributed by atoms with Crippen LogP contribution in [-0.4, -0.2) is 26.6 Å². The van der Waals surface area contributed by atoms with Crippen LogP contribution >= 0.6 is 12.2 Å². The van der Waals surface area contributed by atoms with Gasteiger partial charge < -0.3 is 10.3 Å². The van der Waals surface area contributed by atoms with Crippen LogP contribution in [0.2, 0.25) is 0 Å². The molecule has 0 fully saturated rings. The van der Waals surface area contributed by atoms with Crippen LogP contribution in [0.15, 0.2) is 71.8 Å². The molecule has 0 bridgehead atoms. The molecule has 0 saturated heterocycles. The number of hydrogen-bond donors (Lipinski definition) is 3. The van der Waals surface area contributed by atoms with Gasteiger partial charge in [0.2, 0.25) is 0 Å². The van der Waals surface area contributed by atoms with Crippen molar-refractivity contribution in [2.45, 2.75) is 20.8 Å². The van der Waals surface area contributed by atoms with Crippen molar-refractivity contribution < 1.29 is 4.79 Å². The van der Waals surface area contributed by atoms with E-state index in [0.29, 0.717) is 33.3 Å². The van der Waals surface area contributed by atoms with Crippen LogP contribution in [0.3, 0.4) is 0 Å². The normalized spacial score (nSPS) is 11.4. The minimum Gasteiger partial charge on any atom is -0.337 e. The van der Waals surface area contributed by atoms with Gasteiger partial charge in [0, 0.05) is 16.8 Å². The van der Waals surface area contributed by atoms with Crippen LogP contribution < -0.4 is 10.7 Å². The van der Waals surface area contributed by atoms with Crippen LogP contribution in [0.25, 0.3) is 11.0 Å². The molecule has 1 heterocycles. The number of carbonyl (C=O) groups is 1. The van der Waals surface area contributed by atoms with Crippen LogP contribution in [0, 0.1) is 13.8 Å². The molecule has 6 nitrogen and oxygen atoms in total. The summed E-state index contributed by atoms with van der Waals surface area (Å²) < 4.78 is 0. The Balaban J connectivity index is 1.47. The lowest BCUT2D eigenvalue weighted by Gasteiger charge is -2.07. The molecule has 0 saturated carbocycles. The Morgan fingerprint density at radius 3 is 2.25 bits per heavy atom. The van der Waals surface area contributed by atoms with E-state index in [1.807, 2.05) is 75.4 Å². The van der Waals surface area contributed by atoms with Gasteiger partial charge in [-0.25, -0.2) is 4.98 Å². The minimum absolute atomic E-state index is 0.0314. The summed E-state index contributed by atoms with van der Waals surface area (Å²) in [7, 11) is 0. The summed E-state index contributed by atoms with van der Waals surface area (Å²) in [4.78, 5) is 20.6. The summed E-state index contributed by atoms with van der Waals surface area (Å²) >= 11 is 5.30. The molecule has 160 valence electrons. The molecular formula is C25H23N5OS. The summed E-state index contributed by atoms with van der Waals surface area (Å²) in [5.41, 5.74) is 9.44. The number of aromatic amines is 1. The number of nitrogens with one attached hydrogen (secondary N) is 3. The Morgan fingerprint density at radius 1 is 0.938 bits per heavy atom. The number of aromatic nitrogens is 2. The predicted octanol–water partition coefficient (Wildman–Crippen LogP) is 5.12. The predicted molar refractivity (Wildman–Crippen MR) is 133 cm³/mol. The van der Waals surface area contributed by atoms with Gasteiger partial charge in [-0.15, -0.1) is 0 Å². The first-order chi connectivity index (χ1) is 15.4. The second-order valence-electron chi connectivity index (χ2n) is 7.64. The summed E-state index contributed by atoms with van der Waals surface area (Å²) in [6.45, 7) is 5.86. The Labute approximate surface area is 191 Å². The number of anilines is 1. The van der Waals surface area contributed by atoms with E-state index in [1.165, 1.54) is 5.56 Å². The molecule has 0 aliphatic heterocycles. The first kappa shape index (κ1) is 21.4. The zero-order chi connectivity index (χ0) is 22.7. The highest BCUT2D eigenvalue weighted by Crippen LogP contribution is 2.18. The second-order valence-corrected chi connectivity index (χ2v) is 8.05. The molecule has 4 rings (SSSR count). The molecule has 7 heteroatoms. The van der Waals surface area contributed by atoms with E-state index in [2.05, 4.69) is 25.8 Å². The van der Waals surface area contributed by atoms with Gasteiger partial charge in [0.15, 0.2) is 16.7 Å². The number of ketones is 1. The van der Waals surface area contributed by atoms with Gasteiger partial charge in [-0.3, -0.25) is 10.2 Å². The lowest BCUT2D eigenvalue weighted by molar-refractivity contribution is 0.103. The summed E-state index contributed by atoms with van der Waals surface area (Å²) in [5, 5.41) is 7.79. The quantitative estimate of drug-likeness (QED) is 0.173. The first-order valence-electron chi connectivity index (χ1n) is 10.2.